The van der Waals surface area contributed by atoms with Crippen LogP contribution in [-0.4, -0.2) is 17.5 Å². The van der Waals surface area contributed by atoms with Crippen LogP contribution in [0.25, 0.3) is 21.0 Å². The lowest BCUT2D eigenvalue weighted by Gasteiger charge is -2.07. The van der Waals surface area contributed by atoms with Gasteiger partial charge in [-0.2, -0.15) is 0 Å². The first-order valence-electron chi connectivity index (χ1n) is 8.90. The predicted molar refractivity (Wildman–Crippen MR) is 112 cm³/mol. The number of fused-ring (bicyclic) bond motifs is 2. The molecule has 27 heavy (non-hydrogen) atoms. The normalized spacial score (nSPS) is 11.2. The highest BCUT2D eigenvalue weighted by Gasteiger charge is 2.10. The van der Waals surface area contributed by atoms with Crippen LogP contribution in [-0.2, 0) is 4.79 Å². The second-order valence-electron chi connectivity index (χ2n) is 6.75. The fourth-order valence-corrected chi connectivity index (χ4v) is 3.85. The summed E-state index contributed by atoms with van der Waals surface area (Å²) in [4.78, 5) is 16.7. The molecule has 1 heterocycles. The van der Waals surface area contributed by atoms with Crippen LogP contribution in [0.2, 0.25) is 0 Å². The van der Waals surface area contributed by atoms with Crippen molar-refractivity contribution in [1.82, 2.24) is 4.98 Å². The molecule has 0 bridgehead atoms. The largest absolute Gasteiger partial charge is 0.484 e. The average Bonchev–Trinajstić information content (AvgIpc) is 3.07. The monoisotopic (exact) mass is 376 g/mol. The number of benzene rings is 3. The van der Waals surface area contributed by atoms with E-state index in [9.17, 15) is 4.79 Å². The van der Waals surface area contributed by atoms with Crippen LogP contribution < -0.4 is 10.1 Å². The molecule has 0 aliphatic heterocycles. The second-order valence-corrected chi connectivity index (χ2v) is 7.78. The molecule has 0 unspecified atom stereocenters. The fourth-order valence-electron chi connectivity index (χ4n) is 2.92. The van der Waals surface area contributed by atoms with Gasteiger partial charge < -0.3 is 4.74 Å². The summed E-state index contributed by atoms with van der Waals surface area (Å²) in [5.41, 5.74) is 2.17. The van der Waals surface area contributed by atoms with E-state index in [0.29, 0.717) is 16.8 Å². The molecule has 4 aromatic rings. The van der Waals surface area contributed by atoms with E-state index in [4.69, 9.17) is 4.74 Å². The van der Waals surface area contributed by atoms with Crippen molar-refractivity contribution in [3.63, 3.8) is 0 Å². The molecule has 0 aliphatic carbocycles. The van der Waals surface area contributed by atoms with Crippen molar-refractivity contribution in [3.8, 4) is 5.75 Å². The van der Waals surface area contributed by atoms with Crippen molar-refractivity contribution in [2.75, 3.05) is 11.9 Å². The molecule has 0 spiro atoms. The molecule has 0 radical (unpaired) electrons. The van der Waals surface area contributed by atoms with E-state index in [-0.39, 0.29) is 12.5 Å². The molecule has 0 aliphatic rings. The van der Waals surface area contributed by atoms with Crippen molar-refractivity contribution >= 4 is 43.4 Å². The molecule has 1 aromatic heterocycles. The molecule has 3 aromatic carbocycles. The quantitative estimate of drug-likeness (QED) is 0.494. The highest BCUT2D eigenvalue weighted by molar-refractivity contribution is 7.22. The number of hydrogen-bond donors (Lipinski definition) is 1. The Morgan fingerprint density at radius 2 is 1.89 bits per heavy atom. The van der Waals surface area contributed by atoms with Gasteiger partial charge in [-0.3, -0.25) is 10.1 Å². The Morgan fingerprint density at radius 3 is 2.70 bits per heavy atom. The van der Waals surface area contributed by atoms with E-state index in [1.807, 2.05) is 48.5 Å². The third kappa shape index (κ3) is 3.93. The maximum atomic E-state index is 12.2. The van der Waals surface area contributed by atoms with Crippen molar-refractivity contribution < 1.29 is 9.53 Å². The maximum Gasteiger partial charge on any atom is 0.264 e. The van der Waals surface area contributed by atoms with Gasteiger partial charge in [0.1, 0.15) is 5.75 Å². The van der Waals surface area contributed by atoms with Crippen molar-refractivity contribution in [2.45, 2.75) is 19.8 Å². The molecule has 0 saturated carbocycles. The van der Waals surface area contributed by atoms with Gasteiger partial charge in [0.05, 0.1) is 10.2 Å². The fraction of sp³-hybridized carbons (Fsp3) is 0.182. The smallest absolute Gasteiger partial charge is 0.264 e. The van der Waals surface area contributed by atoms with E-state index in [2.05, 4.69) is 36.3 Å². The van der Waals surface area contributed by atoms with Crippen molar-refractivity contribution in [1.29, 1.82) is 0 Å². The number of nitrogens with zero attached hydrogens (tertiary/aromatic N) is 1. The number of rotatable bonds is 5. The Kier molecular flexibility index (Phi) is 4.77. The Hall–Kier alpha value is -2.92. The van der Waals surface area contributed by atoms with Crippen LogP contribution in [0.15, 0.2) is 60.7 Å². The summed E-state index contributed by atoms with van der Waals surface area (Å²) >= 11 is 1.48. The van der Waals surface area contributed by atoms with Crippen LogP contribution in [0.4, 0.5) is 5.13 Å². The Bertz CT molecular complexity index is 1120. The lowest BCUT2D eigenvalue weighted by molar-refractivity contribution is -0.118. The molecule has 0 saturated heterocycles. The first kappa shape index (κ1) is 17.5. The number of aromatic nitrogens is 1. The van der Waals surface area contributed by atoms with E-state index in [1.165, 1.54) is 16.9 Å². The summed E-state index contributed by atoms with van der Waals surface area (Å²) in [6.07, 6.45) is 0. The second kappa shape index (κ2) is 7.37. The highest BCUT2D eigenvalue weighted by atomic mass is 32.1. The number of carbonyl (C=O) groups is 1. The van der Waals surface area contributed by atoms with Crippen LogP contribution >= 0.6 is 11.3 Å². The van der Waals surface area contributed by atoms with Gasteiger partial charge in [0.2, 0.25) is 0 Å². The number of amides is 1. The zero-order valence-electron chi connectivity index (χ0n) is 15.2. The standard InChI is InChI=1S/C22H20N2O2S/c1-14(2)16-8-10-19-20(12-16)27-22(23-19)24-21(25)13-26-18-9-7-15-5-3-4-6-17(15)11-18/h3-12,14H,13H2,1-2H3,(H,23,24,25). The number of nitrogens with one attached hydrogen (secondary N) is 1. The van der Waals surface area contributed by atoms with Gasteiger partial charge in [-0.15, -0.1) is 0 Å². The average molecular weight is 376 g/mol. The van der Waals surface area contributed by atoms with Gasteiger partial charge in [0.15, 0.2) is 11.7 Å². The Morgan fingerprint density at radius 1 is 1.07 bits per heavy atom. The first-order chi connectivity index (χ1) is 13.1. The lowest BCUT2D eigenvalue weighted by atomic mass is 10.0. The summed E-state index contributed by atoms with van der Waals surface area (Å²) in [6.45, 7) is 4.27. The minimum atomic E-state index is -0.216. The van der Waals surface area contributed by atoms with E-state index >= 15 is 0 Å². The minimum Gasteiger partial charge on any atom is -0.484 e. The topological polar surface area (TPSA) is 51.2 Å². The third-order valence-electron chi connectivity index (χ3n) is 4.42. The zero-order valence-corrected chi connectivity index (χ0v) is 16.0. The van der Waals surface area contributed by atoms with Gasteiger partial charge in [-0.25, -0.2) is 4.98 Å². The summed E-state index contributed by atoms with van der Waals surface area (Å²) < 4.78 is 6.71. The number of carbonyl (C=O) groups excluding carboxylic acids is 1. The minimum absolute atomic E-state index is 0.0501. The van der Waals surface area contributed by atoms with Gasteiger partial charge in [-0.05, 0) is 46.5 Å². The van der Waals surface area contributed by atoms with Crippen LogP contribution in [0.1, 0.15) is 25.3 Å². The van der Waals surface area contributed by atoms with Gasteiger partial charge >= 0.3 is 0 Å². The van der Waals surface area contributed by atoms with Gasteiger partial charge in [0, 0.05) is 0 Å². The number of thiazole rings is 1. The maximum absolute atomic E-state index is 12.2. The Balaban J connectivity index is 1.41. The third-order valence-corrected chi connectivity index (χ3v) is 5.35. The van der Waals surface area contributed by atoms with Crippen molar-refractivity contribution in [2.24, 2.45) is 0 Å². The molecular weight excluding hydrogens is 356 g/mol. The first-order valence-corrected chi connectivity index (χ1v) is 9.72. The van der Waals surface area contributed by atoms with E-state index in [0.717, 1.165) is 21.0 Å². The van der Waals surface area contributed by atoms with E-state index in [1.54, 1.807) is 0 Å². The zero-order chi connectivity index (χ0) is 18.8. The highest BCUT2D eigenvalue weighted by Crippen LogP contribution is 2.29. The molecule has 1 N–H and O–H groups in total. The number of hydrogen-bond acceptors (Lipinski definition) is 4. The molecule has 1 amide bonds. The summed E-state index contributed by atoms with van der Waals surface area (Å²) in [7, 11) is 0. The van der Waals surface area contributed by atoms with E-state index < -0.39 is 0 Å². The Labute approximate surface area is 161 Å². The molecule has 4 rings (SSSR count). The molecule has 136 valence electrons. The summed E-state index contributed by atoms with van der Waals surface area (Å²) in [5, 5.41) is 5.66. The molecule has 5 heteroatoms. The van der Waals surface area contributed by atoms with Gasteiger partial charge in [-0.1, -0.05) is 61.6 Å². The summed E-state index contributed by atoms with van der Waals surface area (Å²) in [5.74, 6) is 0.922. The summed E-state index contributed by atoms with van der Waals surface area (Å²) in [6, 6.07) is 20.1. The molecule has 4 nitrogen and oxygen atoms in total. The van der Waals surface area contributed by atoms with Crippen LogP contribution in [0.5, 0.6) is 5.75 Å². The van der Waals surface area contributed by atoms with Crippen LogP contribution in [0, 0.1) is 0 Å². The number of anilines is 1. The van der Waals surface area contributed by atoms with Crippen molar-refractivity contribution in [3.05, 3.63) is 66.2 Å². The molecule has 0 atom stereocenters. The predicted octanol–water partition coefficient (Wildman–Crippen LogP) is 5.59. The SMILES string of the molecule is CC(C)c1ccc2nc(NC(=O)COc3ccc4ccccc4c3)sc2c1. The van der Waals surface area contributed by atoms with Gasteiger partial charge in [0.25, 0.3) is 5.91 Å². The van der Waals surface area contributed by atoms with Crippen LogP contribution in [0.3, 0.4) is 0 Å². The molecular formula is C22H20N2O2S. The lowest BCUT2D eigenvalue weighted by Crippen LogP contribution is -2.19. The molecule has 0 fully saturated rings. The number of ether oxygens (including phenoxy) is 1.